The lowest BCUT2D eigenvalue weighted by Crippen LogP contribution is -2.16. The van der Waals surface area contributed by atoms with Crippen molar-refractivity contribution in [3.05, 3.63) is 95.1 Å². The van der Waals surface area contributed by atoms with E-state index in [2.05, 4.69) is 31.0 Å². The van der Waals surface area contributed by atoms with Crippen LogP contribution in [0.4, 0.5) is 11.4 Å². The van der Waals surface area contributed by atoms with Gasteiger partial charge in [0.25, 0.3) is 15.9 Å². The largest absolute Gasteiger partial charge is 0.322 e. The molecule has 0 spiro atoms. The van der Waals surface area contributed by atoms with Crippen molar-refractivity contribution in [1.29, 1.82) is 0 Å². The molecule has 4 rings (SSSR count). The van der Waals surface area contributed by atoms with Gasteiger partial charge in [0.1, 0.15) is 0 Å². The third-order valence-electron chi connectivity index (χ3n) is 4.35. The van der Waals surface area contributed by atoms with Gasteiger partial charge in [-0.3, -0.25) is 14.5 Å². The summed E-state index contributed by atoms with van der Waals surface area (Å²) in [5, 5.41) is 3.54. The molecule has 0 aliphatic carbocycles. The fourth-order valence-electron chi connectivity index (χ4n) is 2.97. The van der Waals surface area contributed by atoms with Crippen molar-refractivity contribution in [3.63, 3.8) is 0 Å². The van der Waals surface area contributed by atoms with Crippen LogP contribution in [-0.4, -0.2) is 19.3 Å². The third-order valence-corrected chi connectivity index (χ3v) is 6.17. The summed E-state index contributed by atoms with van der Waals surface area (Å²) in [6.45, 7) is 0. The number of amides is 1. The van der Waals surface area contributed by atoms with E-state index in [1.54, 1.807) is 48.7 Å². The first-order valence-electron chi connectivity index (χ1n) is 8.96. The number of pyridine rings is 1. The maximum absolute atomic E-state index is 13.0. The lowest BCUT2D eigenvalue weighted by molar-refractivity contribution is 0.102. The smallest absolute Gasteiger partial charge is 0.261 e. The van der Waals surface area contributed by atoms with Crippen molar-refractivity contribution in [2.24, 2.45) is 0 Å². The first-order valence-corrected chi connectivity index (χ1v) is 11.2. The number of nitrogens with one attached hydrogen (secondary N) is 2. The van der Waals surface area contributed by atoms with Gasteiger partial charge in [0.15, 0.2) is 0 Å². The third kappa shape index (κ3) is 4.34. The average molecular weight is 482 g/mol. The van der Waals surface area contributed by atoms with E-state index in [0.717, 1.165) is 9.86 Å². The number of para-hydroxylation sites is 1. The van der Waals surface area contributed by atoms with Crippen molar-refractivity contribution in [1.82, 2.24) is 4.98 Å². The molecule has 0 bridgehead atoms. The molecule has 0 saturated carbocycles. The topological polar surface area (TPSA) is 88.2 Å². The van der Waals surface area contributed by atoms with Crippen LogP contribution in [0.3, 0.4) is 0 Å². The van der Waals surface area contributed by atoms with E-state index in [0.29, 0.717) is 16.9 Å². The molecule has 0 radical (unpaired) electrons. The molecule has 1 aromatic heterocycles. The molecule has 3 aromatic carbocycles. The van der Waals surface area contributed by atoms with Crippen LogP contribution in [0.2, 0.25) is 0 Å². The molecule has 30 heavy (non-hydrogen) atoms. The summed E-state index contributed by atoms with van der Waals surface area (Å²) in [7, 11) is -3.94. The second-order valence-corrected chi connectivity index (χ2v) is 9.08. The van der Waals surface area contributed by atoms with Crippen LogP contribution in [0.1, 0.15) is 10.4 Å². The molecule has 0 aliphatic heterocycles. The summed E-state index contributed by atoms with van der Waals surface area (Å²) in [6.07, 6.45) is 1.60. The van der Waals surface area contributed by atoms with Crippen LogP contribution in [0.15, 0.2) is 94.4 Å². The Balaban J connectivity index is 1.64. The van der Waals surface area contributed by atoms with Gasteiger partial charge in [0.05, 0.1) is 16.1 Å². The zero-order valence-electron chi connectivity index (χ0n) is 15.5. The zero-order chi connectivity index (χ0) is 21.1. The Morgan fingerprint density at radius 1 is 0.900 bits per heavy atom. The van der Waals surface area contributed by atoms with Gasteiger partial charge < -0.3 is 5.32 Å². The van der Waals surface area contributed by atoms with Gasteiger partial charge in [0.2, 0.25) is 0 Å². The molecule has 8 heteroatoms. The quantitative estimate of drug-likeness (QED) is 0.417. The average Bonchev–Trinajstić information content (AvgIpc) is 2.74. The van der Waals surface area contributed by atoms with Crippen LogP contribution < -0.4 is 10.0 Å². The van der Waals surface area contributed by atoms with Gasteiger partial charge >= 0.3 is 0 Å². The van der Waals surface area contributed by atoms with E-state index in [-0.39, 0.29) is 10.5 Å². The molecule has 6 nitrogen and oxygen atoms in total. The van der Waals surface area contributed by atoms with Crippen LogP contribution in [0.25, 0.3) is 10.9 Å². The lowest BCUT2D eigenvalue weighted by atomic mass is 10.2. The monoisotopic (exact) mass is 481 g/mol. The molecular weight excluding hydrogens is 466 g/mol. The van der Waals surface area contributed by atoms with Crippen molar-refractivity contribution < 1.29 is 13.2 Å². The maximum Gasteiger partial charge on any atom is 0.261 e. The van der Waals surface area contributed by atoms with E-state index in [9.17, 15) is 13.2 Å². The predicted octanol–water partition coefficient (Wildman–Crippen LogP) is 5.05. The molecule has 1 amide bonds. The molecule has 2 N–H and O–H groups in total. The number of aromatic nitrogens is 1. The molecule has 0 fully saturated rings. The summed E-state index contributed by atoms with van der Waals surface area (Å²) < 4.78 is 29.3. The van der Waals surface area contributed by atoms with Crippen LogP contribution in [0, 0.1) is 0 Å². The Bertz CT molecular complexity index is 1340. The summed E-state index contributed by atoms with van der Waals surface area (Å²) in [5.41, 5.74) is 1.74. The highest BCUT2D eigenvalue weighted by atomic mass is 79.9. The molecule has 0 atom stereocenters. The van der Waals surface area contributed by atoms with E-state index in [4.69, 9.17) is 0 Å². The number of halogens is 1. The number of anilines is 2. The molecule has 150 valence electrons. The highest BCUT2D eigenvalue weighted by molar-refractivity contribution is 9.10. The van der Waals surface area contributed by atoms with Gasteiger partial charge in [-0.05, 0) is 48.5 Å². The lowest BCUT2D eigenvalue weighted by Gasteiger charge is -2.12. The normalized spacial score (nSPS) is 11.2. The van der Waals surface area contributed by atoms with Gasteiger partial charge in [0, 0.05) is 27.3 Å². The van der Waals surface area contributed by atoms with Crippen LogP contribution >= 0.6 is 15.9 Å². The number of benzene rings is 3. The van der Waals surface area contributed by atoms with Gasteiger partial charge in [-0.2, -0.15) is 0 Å². The van der Waals surface area contributed by atoms with Crippen molar-refractivity contribution >= 4 is 54.1 Å². The fourth-order valence-corrected chi connectivity index (χ4v) is 4.54. The minimum absolute atomic E-state index is 0.0210. The second-order valence-electron chi connectivity index (χ2n) is 6.48. The minimum Gasteiger partial charge on any atom is -0.322 e. The standard InChI is InChI=1S/C22H16BrN3O3S/c23-17-12-15-7-5-11-24-21(15)20(14-17)26-30(28,29)19-10-4-6-16(13-19)22(27)25-18-8-2-1-3-9-18/h1-14,26H,(H,25,27). The Labute approximate surface area is 182 Å². The fraction of sp³-hybridized carbons (Fsp3) is 0. The summed E-state index contributed by atoms with van der Waals surface area (Å²) >= 11 is 3.39. The number of carbonyl (C=O) groups excluding carboxylic acids is 1. The molecular formula is C22H16BrN3O3S. The number of fused-ring (bicyclic) bond motifs is 1. The Hall–Kier alpha value is -3.23. The summed E-state index contributed by atoms with van der Waals surface area (Å²) in [4.78, 5) is 16.8. The summed E-state index contributed by atoms with van der Waals surface area (Å²) in [6, 6.07) is 22.0. The minimum atomic E-state index is -3.94. The SMILES string of the molecule is O=C(Nc1ccccc1)c1cccc(S(=O)(=O)Nc2cc(Br)cc3cccnc23)c1. The number of hydrogen-bond acceptors (Lipinski definition) is 4. The molecule has 1 heterocycles. The molecule has 4 aromatic rings. The first-order chi connectivity index (χ1) is 14.4. The van der Waals surface area contributed by atoms with Crippen LogP contribution in [-0.2, 0) is 10.0 Å². The summed E-state index contributed by atoms with van der Waals surface area (Å²) in [5.74, 6) is -0.396. The van der Waals surface area contributed by atoms with Crippen LogP contribution in [0.5, 0.6) is 0 Å². The zero-order valence-corrected chi connectivity index (χ0v) is 17.9. The van der Waals surface area contributed by atoms with E-state index < -0.39 is 15.9 Å². The number of hydrogen-bond donors (Lipinski definition) is 2. The number of sulfonamides is 1. The molecule has 0 saturated heterocycles. The Morgan fingerprint density at radius 3 is 2.50 bits per heavy atom. The predicted molar refractivity (Wildman–Crippen MR) is 121 cm³/mol. The van der Waals surface area contributed by atoms with E-state index in [1.165, 1.54) is 18.2 Å². The molecule has 0 aliphatic rings. The highest BCUT2D eigenvalue weighted by Crippen LogP contribution is 2.28. The highest BCUT2D eigenvalue weighted by Gasteiger charge is 2.18. The van der Waals surface area contributed by atoms with Crippen molar-refractivity contribution in [2.75, 3.05) is 10.0 Å². The van der Waals surface area contributed by atoms with Gasteiger partial charge in [-0.15, -0.1) is 0 Å². The Morgan fingerprint density at radius 2 is 1.70 bits per heavy atom. The molecule has 0 unspecified atom stereocenters. The maximum atomic E-state index is 13.0. The first kappa shape index (κ1) is 20.1. The number of carbonyl (C=O) groups is 1. The van der Waals surface area contributed by atoms with Gasteiger partial charge in [-0.25, -0.2) is 8.42 Å². The Kier molecular flexibility index (Phi) is 5.52. The van der Waals surface area contributed by atoms with Crippen molar-refractivity contribution in [2.45, 2.75) is 4.90 Å². The van der Waals surface area contributed by atoms with E-state index in [1.807, 2.05) is 18.2 Å². The second kappa shape index (κ2) is 8.25. The van der Waals surface area contributed by atoms with E-state index >= 15 is 0 Å². The number of rotatable bonds is 5. The van der Waals surface area contributed by atoms with Gasteiger partial charge in [-0.1, -0.05) is 46.3 Å². The van der Waals surface area contributed by atoms with Crippen molar-refractivity contribution in [3.8, 4) is 0 Å². The number of nitrogens with zero attached hydrogens (tertiary/aromatic N) is 1.